The second kappa shape index (κ2) is 8.86. The van der Waals surface area contributed by atoms with Gasteiger partial charge in [-0.3, -0.25) is 0 Å². The Labute approximate surface area is 198 Å². The van der Waals surface area contributed by atoms with E-state index in [0.29, 0.717) is 0 Å². The molecule has 166 valence electrons. The summed E-state index contributed by atoms with van der Waals surface area (Å²) in [4.78, 5) is 0. The summed E-state index contributed by atoms with van der Waals surface area (Å²) in [7, 11) is -4.05. The zero-order chi connectivity index (χ0) is 23.0. The molecule has 0 unspecified atom stereocenters. The fourth-order valence-electron chi connectivity index (χ4n) is 2.23. The van der Waals surface area contributed by atoms with Crippen LogP contribution < -0.4 is 13.6 Å². The molecule has 0 aliphatic heterocycles. The molecule has 2 aromatic carbocycles. The molecule has 0 amide bonds. The van der Waals surface area contributed by atoms with Crippen LogP contribution in [0.2, 0.25) is 36.3 Å². The van der Waals surface area contributed by atoms with E-state index in [1.165, 1.54) is 0 Å². The molecule has 0 saturated carbocycles. The Balaban J connectivity index is 2.47. The van der Waals surface area contributed by atoms with E-state index < -0.39 is 16.6 Å². The first-order chi connectivity index (χ1) is 13.5. The van der Waals surface area contributed by atoms with Crippen LogP contribution in [-0.2, 0) is 0 Å². The topological polar surface area (TPSA) is 27.7 Å². The summed E-state index contributed by atoms with van der Waals surface area (Å²) in [6.07, 6.45) is 0. The van der Waals surface area contributed by atoms with Gasteiger partial charge >= 0.3 is 0 Å². The van der Waals surface area contributed by atoms with Crippen molar-refractivity contribution in [2.75, 3.05) is 0 Å². The molecule has 0 N–H and O–H groups in total. The number of hydrogen-bond acceptors (Lipinski definition) is 3. The lowest BCUT2D eigenvalue weighted by Gasteiger charge is -2.39. The number of para-hydroxylation sites is 1. The summed E-state index contributed by atoms with van der Waals surface area (Å²) in [5.41, 5.74) is 0. The van der Waals surface area contributed by atoms with Crippen molar-refractivity contribution in [2.45, 2.75) is 77.8 Å². The maximum atomic E-state index is 6.72. The Morgan fingerprint density at radius 3 is 1.67 bits per heavy atom. The molecule has 2 aromatic rings. The van der Waals surface area contributed by atoms with E-state index in [0.717, 1.165) is 26.6 Å². The van der Waals surface area contributed by atoms with Crippen LogP contribution in [0.1, 0.15) is 41.5 Å². The average Bonchev–Trinajstić information content (AvgIpc) is 2.57. The summed E-state index contributed by atoms with van der Waals surface area (Å²) in [6, 6.07) is 14.0. The van der Waals surface area contributed by atoms with Crippen molar-refractivity contribution in [3.63, 3.8) is 0 Å². The van der Waals surface area contributed by atoms with Crippen LogP contribution in [-0.4, -0.2) is 16.6 Å². The highest BCUT2D eigenvalue weighted by Gasteiger charge is 2.42. The molecule has 0 aromatic heterocycles. The van der Waals surface area contributed by atoms with Gasteiger partial charge in [-0.1, -0.05) is 53.7 Å². The first-order valence-electron chi connectivity index (χ1n) is 10.5. The molecule has 6 heteroatoms. The molecule has 0 aliphatic carbocycles. The van der Waals surface area contributed by atoms with Gasteiger partial charge in [0.25, 0.3) is 16.6 Å². The minimum atomic E-state index is -2.05. The monoisotopic (exact) mass is 556 g/mol. The molecule has 0 radical (unpaired) electrons. The molecule has 30 heavy (non-hydrogen) atoms. The maximum absolute atomic E-state index is 6.72. The molecule has 0 heterocycles. The maximum Gasteiger partial charge on any atom is 0.250 e. The molecule has 2 rings (SSSR count). The van der Waals surface area contributed by atoms with Gasteiger partial charge in [0.2, 0.25) is 0 Å². The van der Waals surface area contributed by atoms with Crippen LogP contribution >= 0.6 is 22.6 Å². The molecule has 3 nitrogen and oxygen atoms in total. The minimum absolute atomic E-state index is 0.0902. The van der Waals surface area contributed by atoms with Crippen LogP contribution in [0.3, 0.4) is 0 Å². The molecule has 0 aliphatic rings. The highest BCUT2D eigenvalue weighted by atomic mass is 127. The zero-order valence-electron chi connectivity index (χ0n) is 20.1. The predicted molar refractivity (Wildman–Crippen MR) is 141 cm³/mol. The van der Waals surface area contributed by atoms with Gasteiger partial charge in [0.15, 0.2) is 0 Å². The van der Waals surface area contributed by atoms with Crippen molar-refractivity contribution in [1.29, 1.82) is 0 Å². The molecule has 0 spiro atoms. The molecule has 0 bridgehead atoms. The van der Waals surface area contributed by atoms with E-state index in [1.54, 1.807) is 0 Å². The Morgan fingerprint density at radius 2 is 1.17 bits per heavy atom. The minimum Gasteiger partial charge on any atom is -0.541 e. The van der Waals surface area contributed by atoms with Gasteiger partial charge in [0.05, 0.1) is 3.57 Å². The van der Waals surface area contributed by atoms with Crippen molar-refractivity contribution in [1.82, 2.24) is 0 Å². The first-order valence-corrected chi connectivity index (χ1v) is 17.4. The predicted octanol–water partition coefficient (Wildman–Crippen LogP) is 8.85. The lowest BCUT2D eigenvalue weighted by atomic mass is 10.2. The lowest BCUT2D eigenvalue weighted by Crippen LogP contribution is -2.45. The highest BCUT2D eigenvalue weighted by molar-refractivity contribution is 14.1. The number of rotatable bonds is 6. The Hall–Kier alpha value is -0.996. The summed E-state index contributed by atoms with van der Waals surface area (Å²) in [5, 5.41) is 0.198. The van der Waals surface area contributed by atoms with Crippen LogP contribution in [0.5, 0.6) is 23.0 Å². The van der Waals surface area contributed by atoms with Crippen molar-refractivity contribution >= 4 is 39.2 Å². The van der Waals surface area contributed by atoms with Gasteiger partial charge in [-0.2, -0.15) is 0 Å². The summed E-state index contributed by atoms with van der Waals surface area (Å²) in [6.45, 7) is 22.6. The summed E-state index contributed by atoms with van der Waals surface area (Å²) in [5.74, 6) is 3.21. The highest BCUT2D eigenvalue weighted by Crippen LogP contribution is 2.45. The normalized spacial score (nSPS) is 13.2. The summed E-state index contributed by atoms with van der Waals surface area (Å²) < 4.78 is 20.6. The molecule has 0 atom stereocenters. The van der Waals surface area contributed by atoms with E-state index in [9.17, 15) is 0 Å². The van der Waals surface area contributed by atoms with Crippen LogP contribution in [0.25, 0.3) is 0 Å². The molecule has 0 fully saturated rings. The summed E-state index contributed by atoms with van der Waals surface area (Å²) >= 11 is 2.29. The first kappa shape index (κ1) is 25.3. The largest absolute Gasteiger partial charge is 0.541 e. The quantitative estimate of drug-likeness (QED) is 0.263. The third kappa shape index (κ3) is 6.04. The van der Waals surface area contributed by atoms with Crippen molar-refractivity contribution in [3.05, 3.63) is 46.0 Å². The standard InChI is InChI=1S/C24H37IO3Si2/c1-23(2,3)29(7,8)27-21-16-15-18(26-20-14-12-11-13-19(20)25)17-22(21)28-30(9,10)24(4,5)6/h11-17H,1-10H3. The Kier molecular flexibility index (Phi) is 7.46. The van der Waals surface area contributed by atoms with Crippen molar-refractivity contribution < 1.29 is 13.6 Å². The smallest absolute Gasteiger partial charge is 0.250 e. The van der Waals surface area contributed by atoms with Gasteiger partial charge in [-0.25, -0.2) is 0 Å². The zero-order valence-corrected chi connectivity index (χ0v) is 24.3. The second-order valence-corrected chi connectivity index (χ2v) is 21.5. The average molecular weight is 557 g/mol. The van der Waals surface area contributed by atoms with Crippen LogP contribution in [0.4, 0.5) is 0 Å². The Morgan fingerprint density at radius 1 is 0.667 bits per heavy atom. The van der Waals surface area contributed by atoms with Gasteiger partial charge in [-0.15, -0.1) is 0 Å². The van der Waals surface area contributed by atoms with Gasteiger partial charge in [0.1, 0.15) is 23.0 Å². The van der Waals surface area contributed by atoms with E-state index in [1.807, 2.05) is 42.5 Å². The number of benzene rings is 2. The molecule has 0 saturated heterocycles. The number of ether oxygens (including phenoxy) is 1. The van der Waals surface area contributed by atoms with E-state index in [4.69, 9.17) is 13.6 Å². The number of halogens is 1. The SMILES string of the molecule is CC(C)(C)[Si](C)(C)Oc1ccc(Oc2ccccc2I)cc1O[Si](C)(C)C(C)(C)C. The van der Waals surface area contributed by atoms with Gasteiger partial charge < -0.3 is 13.6 Å². The Bertz CT molecular complexity index is 881. The fraction of sp³-hybridized carbons (Fsp3) is 0.500. The second-order valence-electron chi connectivity index (χ2n) is 10.9. The molecular weight excluding hydrogens is 519 g/mol. The fourth-order valence-corrected chi connectivity index (χ4v) is 4.76. The van der Waals surface area contributed by atoms with Crippen LogP contribution in [0, 0.1) is 3.57 Å². The third-order valence-electron chi connectivity index (χ3n) is 6.32. The van der Waals surface area contributed by atoms with Crippen molar-refractivity contribution in [2.24, 2.45) is 0 Å². The third-order valence-corrected chi connectivity index (χ3v) is 15.9. The van der Waals surface area contributed by atoms with Crippen LogP contribution in [0.15, 0.2) is 42.5 Å². The number of hydrogen-bond donors (Lipinski definition) is 0. The van der Waals surface area contributed by atoms with E-state index in [-0.39, 0.29) is 10.1 Å². The van der Waals surface area contributed by atoms with E-state index >= 15 is 0 Å². The van der Waals surface area contributed by atoms with Crippen molar-refractivity contribution in [3.8, 4) is 23.0 Å². The van der Waals surface area contributed by atoms with E-state index in [2.05, 4.69) is 90.3 Å². The van der Waals surface area contributed by atoms with Gasteiger partial charge in [-0.05, 0) is 83.1 Å². The lowest BCUT2D eigenvalue weighted by molar-refractivity contribution is 0.431. The molecular formula is C24H37IO3Si2. The van der Waals surface area contributed by atoms with Gasteiger partial charge in [0, 0.05) is 6.07 Å².